The van der Waals surface area contributed by atoms with Crippen LogP contribution in [0, 0.1) is 22.7 Å². The number of aliphatic carboxylic acids is 1. The number of carbonyl (C=O) groups excluding carboxylic acids is 1. The number of carbonyl (C=O) groups is 2. The molecule has 1 atom stereocenters. The quantitative estimate of drug-likeness (QED) is 0.547. The molecule has 0 heterocycles. The van der Waals surface area contributed by atoms with E-state index in [2.05, 4.69) is 48.5 Å². The Hall–Kier alpha value is -1.06. The van der Waals surface area contributed by atoms with Crippen LogP contribution in [0.2, 0.25) is 0 Å². The van der Waals surface area contributed by atoms with Crippen LogP contribution in [0.5, 0.6) is 0 Å². The van der Waals surface area contributed by atoms with Crippen molar-refractivity contribution in [2.45, 2.75) is 105 Å². The van der Waals surface area contributed by atoms with Crippen molar-refractivity contribution >= 4 is 11.9 Å². The van der Waals surface area contributed by atoms with Gasteiger partial charge in [-0.1, -0.05) is 54.4 Å². The summed E-state index contributed by atoms with van der Waals surface area (Å²) in [5.41, 5.74) is -0.237. The predicted octanol–water partition coefficient (Wildman–Crippen LogP) is 5.83. The molecular formula is C22H40O4. The first-order chi connectivity index (χ1) is 11.7. The van der Waals surface area contributed by atoms with Gasteiger partial charge in [-0.25, -0.2) is 0 Å². The van der Waals surface area contributed by atoms with Gasteiger partial charge in [0.15, 0.2) is 0 Å². The maximum absolute atomic E-state index is 12.5. The molecule has 0 bridgehead atoms. The molecule has 26 heavy (non-hydrogen) atoms. The molecule has 1 N–H and O–H groups in total. The van der Waals surface area contributed by atoms with Crippen molar-refractivity contribution in [3.63, 3.8) is 0 Å². The van der Waals surface area contributed by atoms with Gasteiger partial charge in [-0.05, 0) is 55.3 Å². The molecule has 0 amide bonds. The molecule has 1 rings (SSSR count). The third kappa shape index (κ3) is 7.67. The third-order valence-electron chi connectivity index (χ3n) is 5.57. The predicted molar refractivity (Wildman–Crippen MR) is 105 cm³/mol. The van der Waals surface area contributed by atoms with Crippen LogP contribution in [0.3, 0.4) is 0 Å². The normalized spacial score (nSPS) is 18.8. The highest BCUT2D eigenvalue weighted by Gasteiger charge is 2.47. The van der Waals surface area contributed by atoms with Crippen LogP contribution in [-0.2, 0) is 14.3 Å². The fourth-order valence-electron chi connectivity index (χ4n) is 4.46. The first-order valence-corrected chi connectivity index (χ1v) is 10.2. The van der Waals surface area contributed by atoms with Crippen molar-refractivity contribution in [1.82, 2.24) is 0 Å². The van der Waals surface area contributed by atoms with Crippen LogP contribution in [0.25, 0.3) is 0 Å². The molecular weight excluding hydrogens is 328 g/mol. The van der Waals surface area contributed by atoms with E-state index in [-0.39, 0.29) is 35.6 Å². The lowest BCUT2D eigenvalue weighted by Crippen LogP contribution is -2.48. The molecule has 4 nitrogen and oxygen atoms in total. The molecule has 0 aromatic heterocycles. The SMILES string of the molecule is CC(C)(C)CC(CC(C)(C)C)C(C)(OC(=O)CCC(=O)O)C1CCCC1. The number of esters is 1. The van der Waals surface area contributed by atoms with Gasteiger partial charge in [-0.3, -0.25) is 9.59 Å². The molecule has 0 aromatic carbocycles. The third-order valence-corrected chi connectivity index (χ3v) is 5.57. The minimum atomic E-state index is -0.953. The average Bonchev–Trinajstić information content (AvgIpc) is 2.95. The minimum absolute atomic E-state index is 0.0462. The summed E-state index contributed by atoms with van der Waals surface area (Å²) in [5.74, 6) is -0.689. The standard InChI is InChI=1S/C22H40O4/c1-20(2,3)14-17(15-21(4,5)6)22(7,16-10-8-9-11-16)26-19(25)13-12-18(23)24/h16-17H,8-15H2,1-7H3,(H,23,24). The van der Waals surface area contributed by atoms with Gasteiger partial charge in [-0.15, -0.1) is 0 Å². The minimum Gasteiger partial charge on any atom is -0.481 e. The lowest BCUT2D eigenvalue weighted by Gasteiger charge is -2.46. The first-order valence-electron chi connectivity index (χ1n) is 10.2. The van der Waals surface area contributed by atoms with Crippen molar-refractivity contribution in [3.8, 4) is 0 Å². The number of carboxylic acids is 1. The molecule has 152 valence electrons. The van der Waals surface area contributed by atoms with Gasteiger partial charge < -0.3 is 9.84 Å². The van der Waals surface area contributed by atoms with Gasteiger partial charge in [0.25, 0.3) is 0 Å². The highest BCUT2D eigenvalue weighted by atomic mass is 16.6. The Kier molecular flexibility index (Phi) is 7.74. The smallest absolute Gasteiger partial charge is 0.306 e. The largest absolute Gasteiger partial charge is 0.481 e. The van der Waals surface area contributed by atoms with Crippen LogP contribution in [0.15, 0.2) is 0 Å². The second kappa shape index (κ2) is 8.75. The molecule has 0 aromatic rings. The zero-order valence-electron chi connectivity index (χ0n) is 18.0. The number of hydrogen-bond acceptors (Lipinski definition) is 3. The fourth-order valence-corrected chi connectivity index (χ4v) is 4.46. The molecule has 0 spiro atoms. The molecule has 1 unspecified atom stereocenters. The molecule has 1 aliphatic rings. The summed E-state index contributed by atoms with van der Waals surface area (Å²) in [6.45, 7) is 15.6. The summed E-state index contributed by atoms with van der Waals surface area (Å²) in [4.78, 5) is 23.3. The molecule has 0 radical (unpaired) electrons. The summed E-state index contributed by atoms with van der Waals surface area (Å²) in [6, 6.07) is 0. The number of hydrogen-bond donors (Lipinski definition) is 1. The maximum Gasteiger partial charge on any atom is 0.306 e. The number of ether oxygens (including phenoxy) is 1. The summed E-state index contributed by atoms with van der Waals surface area (Å²) < 4.78 is 6.12. The van der Waals surface area contributed by atoms with E-state index in [9.17, 15) is 9.59 Å². The summed E-state index contributed by atoms with van der Waals surface area (Å²) in [5, 5.41) is 8.88. The van der Waals surface area contributed by atoms with Gasteiger partial charge in [0.2, 0.25) is 0 Å². The Morgan fingerprint density at radius 1 is 0.923 bits per heavy atom. The lowest BCUT2D eigenvalue weighted by atomic mass is 9.66. The van der Waals surface area contributed by atoms with Gasteiger partial charge in [0.05, 0.1) is 12.8 Å². The Bertz CT molecular complexity index is 461. The van der Waals surface area contributed by atoms with Gasteiger partial charge in [-0.2, -0.15) is 0 Å². The summed E-state index contributed by atoms with van der Waals surface area (Å²) in [7, 11) is 0. The van der Waals surface area contributed by atoms with Crippen LogP contribution in [-0.4, -0.2) is 22.6 Å². The Morgan fingerprint density at radius 3 is 1.77 bits per heavy atom. The van der Waals surface area contributed by atoms with Crippen molar-refractivity contribution in [2.24, 2.45) is 22.7 Å². The Balaban J connectivity index is 3.11. The van der Waals surface area contributed by atoms with E-state index in [1.807, 2.05) is 0 Å². The van der Waals surface area contributed by atoms with Crippen LogP contribution < -0.4 is 0 Å². The van der Waals surface area contributed by atoms with E-state index in [4.69, 9.17) is 9.84 Å². The van der Waals surface area contributed by atoms with E-state index in [0.29, 0.717) is 5.92 Å². The first kappa shape index (κ1) is 23.0. The van der Waals surface area contributed by atoms with Crippen LogP contribution >= 0.6 is 0 Å². The topological polar surface area (TPSA) is 63.6 Å². The molecule has 4 heteroatoms. The van der Waals surface area contributed by atoms with Crippen molar-refractivity contribution < 1.29 is 19.4 Å². The lowest BCUT2D eigenvalue weighted by molar-refractivity contribution is -0.177. The second-order valence-corrected chi connectivity index (χ2v) is 10.8. The Labute approximate surface area is 160 Å². The number of carboxylic acid groups (broad SMARTS) is 1. The average molecular weight is 369 g/mol. The van der Waals surface area contributed by atoms with E-state index < -0.39 is 11.6 Å². The van der Waals surface area contributed by atoms with Gasteiger partial charge in [0.1, 0.15) is 5.60 Å². The van der Waals surface area contributed by atoms with Crippen molar-refractivity contribution in [3.05, 3.63) is 0 Å². The van der Waals surface area contributed by atoms with Gasteiger partial charge in [0, 0.05) is 0 Å². The zero-order chi connectivity index (χ0) is 20.2. The van der Waals surface area contributed by atoms with Gasteiger partial charge >= 0.3 is 11.9 Å². The second-order valence-electron chi connectivity index (χ2n) is 10.8. The summed E-state index contributed by atoms with van der Waals surface area (Å²) in [6.07, 6.45) is 6.32. The maximum atomic E-state index is 12.5. The Morgan fingerprint density at radius 2 is 1.38 bits per heavy atom. The fraction of sp³-hybridized carbons (Fsp3) is 0.909. The molecule has 1 saturated carbocycles. The van der Waals surface area contributed by atoms with E-state index >= 15 is 0 Å². The highest BCUT2D eigenvalue weighted by molar-refractivity contribution is 5.76. The summed E-state index contributed by atoms with van der Waals surface area (Å²) >= 11 is 0. The van der Waals surface area contributed by atoms with E-state index in [1.54, 1.807) is 0 Å². The molecule has 1 aliphatic carbocycles. The van der Waals surface area contributed by atoms with Crippen molar-refractivity contribution in [2.75, 3.05) is 0 Å². The monoisotopic (exact) mass is 368 g/mol. The molecule has 0 aliphatic heterocycles. The van der Waals surface area contributed by atoms with Crippen LogP contribution in [0.1, 0.15) is 99.8 Å². The highest BCUT2D eigenvalue weighted by Crippen LogP contribution is 2.48. The molecule has 0 saturated heterocycles. The molecule has 1 fully saturated rings. The van der Waals surface area contributed by atoms with E-state index in [0.717, 1.165) is 25.7 Å². The number of rotatable bonds is 8. The van der Waals surface area contributed by atoms with Crippen molar-refractivity contribution in [1.29, 1.82) is 0 Å². The zero-order valence-corrected chi connectivity index (χ0v) is 18.0. The van der Waals surface area contributed by atoms with Crippen LogP contribution in [0.4, 0.5) is 0 Å². The van der Waals surface area contributed by atoms with E-state index in [1.165, 1.54) is 12.8 Å².